The van der Waals surface area contributed by atoms with Crippen molar-refractivity contribution in [2.45, 2.75) is 24.7 Å². The highest BCUT2D eigenvalue weighted by molar-refractivity contribution is 9.10. The molecule has 0 aliphatic rings. The Bertz CT molecular complexity index is 1020. The molecule has 7 nitrogen and oxygen atoms in total. The van der Waals surface area contributed by atoms with E-state index < -0.39 is 0 Å². The molecule has 3 aromatic rings. The second-order valence-corrected chi connectivity index (χ2v) is 9.34. The van der Waals surface area contributed by atoms with Crippen molar-refractivity contribution < 1.29 is 9.47 Å². The first-order valence-electron chi connectivity index (χ1n) is 9.47. The number of aryl methyl sites for hydroxylation is 1. The average molecular weight is 584 g/mol. The van der Waals surface area contributed by atoms with Crippen molar-refractivity contribution in [3.63, 3.8) is 0 Å². The molecule has 3 rings (SSSR count). The van der Waals surface area contributed by atoms with Gasteiger partial charge in [-0.3, -0.25) is 0 Å². The van der Waals surface area contributed by atoms with E-state index >= 15 is 0 Å². The number of aromatic nitrogens is 4. The Labute approximate surface area is 216 Å². The van der Waals surface area contributed by atoms with E-state index in [1.807, 2.05) is 25.2 Å². The van der Waals surface area contributed by atoms with Crippen LogP contribution in [-0.2, 0) is 20.2 Å². The summed E-state index contributed by atoms with van der Waals surface area (Å²) in [4.78, 5) is 0. The highest BCUT2D eigenvalue weighted by Gasteiger charge is 2.12. The van der Waals surface area contributed by atoms with Crippen LogP contribution in [0.4, 0.5) is 0 Å². The van der Waals surface area contributed by atoms with Crippen LogP contribution in [0, 0.1) is 0 Å². The number of hydrogen-bond acceptors (Lipinski definition) is 7. The van der Waals surface area contributed by atoms with Crippen molar-refractivity contribution in [2.75, 3.05) is 19.4 Å². The van der Waals surface area contributed by atoms with Crippen molar-refractivity contribution in [2.24, 2.45) is 7.05 Å². The molecule has 1 heterocycles. The number of halogens is 4. The van der Waals surface area contributed by atoms with E-state index in [1.165, 1.54) is 0 Å². The minimum atomic E-state index is 0. The molecule has 0 aliphatic heterocycles. The molecule has 32 heavy (non-hydrogen) atoms. The Balaban J connectivity index is 0.00000363. The molecule has 0 unspecified atom stereocenters. The van der Waals surface area contributed by atoms with Crippen LogP contribution in [0.5, 0.6) is 11.5 Å². The first kappa shape index (κ1) is 27.0. The van der Waals surface area contributed by atoms with Gasteiger partial charge in [0.2, 0.25) is 5.16 Å². The van der Waals surface area contributed by atoms with Gasteiger partial charge in [-0.15, -0.1) is 17.5 Å². The number of benzene rings is 2. The maximum Gasteiger partial charge on any atom is 0.209 e. The van der Waals surface area contributed by atoms with Gasteiger partial charge in [0.15, 0.2) is 11.5 Å². The first-order valence-corrected chi connectivity index (χ1v) is 12.0. The van der Waals surface area contributed by atoms with E-state index in [2.05, 4.69) is 36.8 Å². The molecular weight excluding hydrogens is 561 g/mol. The fraction of sp³-hybridized carbons (Fsp3) is 0.350. The fourth-order valence-electron chi connectivity index (χ4n) is 2.74. The molecule has 0 radical (unpaired) electrons. The van der Waals surface area contributed by atoms with Gasteiger partial charge in [-0.05, 0) is 74.7 Å². The van der Waals surface area contributed by atoms with Gasteiger partial charge in [0, 0.05) is 19.3 Å². The van der Waals surface area contributed by atoms with Gasteiger partial charge in [-0.25, -0.2) is 4.68 Å². The minimum Gasteiger partial charge on any atom is -0.493 e. The topological polar surface area (TPSA) is 74.1 Å². The van der Waals surface area contributed by atoms with Gasteiger partial charge in [-0.1, -0.05) is 41.0 Å². The summed E-state index contributed by atoms with van der Waals surface area (Å²) in [7, 11) is 3.47. The molecule has 0 amide bonds. The quantitative estimate of drug-likeness (QED) is 0.234. The lowest BCUT2D eigenvalue weighted by atomic mass is 10.2. The number of hydrogen-bond donors (Lipinski definition) is 1. The molecule has 0 spiro atoms. The van der Waals surface area contributed by atoms with E-state index in [9.17, 15) is 0 Å². The summed E-state index contributed by atoms with van der Waals surface area (Å²) in [5.74, 6) is 2.25. The van der Waals surface area contributed by atoms with Crippen LogP contribution in [0.3, 0.4) is 0 Å². The molecule has 0 saturated carbocycles. The predicted octanol–water partition coefficient (Wildman–Crippen LogP) is 5.56. The Morgan fingerprint density at radius 3 is 2.66 bits per heavy atom. The van der Waals surface area contributed by atoms with Crippen molar-refractivity contribution >= 4 is 63.3 Å². The number of nitrogens with one attached hydrogen (secondary N) is 1. The third-order valence-electron chi connectivity index (χ3n) is 4.30. The second-order valence-electron chi connectivity index (χ2n) is 6.61. The SMILES string of the molecule is COc1cc(CNCCCSc2nnnn2C)cc(Br)c1OCc1ccc(Cl)c(Cl)c1.Cl. The molecule has 0 fully saturated rings. The summed E-state index contributed by atoms with van der Waals surface area (Å²) >= 11 is 17.3. The standard InChI is InChI=1S/C20H22BrCl2N5O2S.ClH/c1-28-20(25-26-27-28)31-7-3-6-24-11-14-8-15(21)19(18(10-14)29-2)30-12-13-4-5-16(22)17(23)9-13;/h4-5,8-10,24H,3,6-7,11-12H2,1-2H3;1H. The van der Waals surface area contributed by atoms with E-state index in [4.69, 9.17) is 32.7 Å². The van der Waals surface area contributed by atoms with Gasteiger partial charge in [0.1, 0.15) is 6.61 Å². The van der Waals surface area contributed by atoms with Crippen LogP contribution in [0.1, 0.15) is 17.5 Å². The van der Waals surface area contributed by atoms with E-state index in [0.717, 1.165) is 46.0 Å². The smallest absolute Gasteiger partial charge is 0.209 e. The summed E-state index contributed by atoms with van der Waals surface area (Å²) in [6.45, 7) is 1.95. The summed E-state index contributed by atoms with van der Waals surface area (Å²) in [5, 5.41) is 16.7. The highest BCUT2D eigenvalue weighted by Crippen LogP contribution is 2.37. The molecule has 174 valence electrons. The molecule has 0 atom stereocenters. The van der Waals surface area contributed by atoms with Crippen LogP contribution >= 0.6 is 63.3 Å². The summed E-state index contributed by atoms with van der Waals surface area (Å²) in [5.41, 5.74) is 2.01. The number of nitrogens with zero attached hydrogens (tertiary/aromatic N) is 4. The van der Waals surface area contributed by atoms with E-state index in [1.54, 1.807) is 35.7 Å². The molecule has 1 aromatic heterocycles. The predicted molar refractivity (Wildman–Crippen MR) is 135 cm³/mol. The zero-order chi connectivity index (χ0) is 22.2. The third-order valence-corrected chi connectivity index (χ3v) is 6.72. The molecule has 2 aromatic carbocycles. The molecule has 0 saturated heterocycles. The zero-order valence-corrected chi connectivity index (χ0v) is 22.2. The summed E-state index contributed by atoms with van der Waals surface area (Å²) in [6.07, 6.45) is 1.00. The Kier molecular flexibility index (Phi) is 11.4. The largest absolute Gasteiger partial charge is 0.493 e. The number of methoxy groups -OCH3 is 1. The summed E-state index contributed by atoms with van der Waals surface area (Å²) in [6, 6.07) is 9.43. The molecular formula is C20H23BrCl3N5O2S. The minimum absolute atomic E-state index is 0. The molecule has 0 aliphatic carbocycles. The molecule has 0 bridgehead atoms. The van der Waals surface area contributed by atoms with Crippen molar-refractivity contribution in [3.05, 3.63) is 56.0 Å². The van der Waals surface area contributed by atoms with Gasteiger partial charge in [0.05, 0.1) is 21.6 Å². The number of ether oxygens (including phenoxy) is 2. The zero-order valence-electron chi connectivity index (χ0n) is 17.5. The third kappa shape index (κ3) is 7.67. The van der Waals surface area contributed by atoms with E-state index in [-0.39, 0.29) is 12.4 Å². The van der Waals surface area contributed by atoms with Crippen molar-refractivity contribution in [3.8, 4) is 11.5 Å². The Morgan fingerprint density at radius 2 is 1.97 bits per heavy atom. The Hall–Kier alpha value is -1.23. The van der Waals surface area contributed by atoms with Gasteiger partial charge in [-0.2, -0.15) is 0 Å². The summed E-state index contributed by atoms with van der Waals surface area (Å²) < 4.78 is 14.0. The normalized spacial score (nSPS) is 10.7. The maximum atomic E-state index is 6.08. The molecule has 12 heteroatoms. The first-order chi connectivity index (χ1) is 15.0. The molecule has 1 N–H and O–H groups in total. The van der Waals surface area contributed by atoms with Gasteiger partial charge < -0.3 is 14.8 Å². The van der Waals surface area contributed by atoms with Crippen LogP contribution in [0.2, 0.25) is 10.0 Å². The number of thioether (sulfide) groups is 1. The van der Waals surface area contributed by atoms with Crippen molar-refractivity contribution in [1.82, 2.24) is 25.5 Å². The van der Waals surface area contributed by atoms with Crippen LogP contribution < -0.4 is 14.8 Å². The lowest BCUT2D eigenvalue weighted by Crippen LogP contribution is -2.15. The lowest BCUT2D eigenvalue weighted by Gasteiger charge is -2.15. The number of tetrazole rings is 1. The van der Waals surface area contributed by atoms with Crippen LogP contribution in [-0.4, -0.2) is 39.6 Å². The van der Waals surface area contributed by atoms with Crippen molar-refractivity contribution in [1.29, 1.82) is 0 Å². The highest BCUT2D eigenvalue weighted by atomic mass is 79.9. The van der Waals surface area contributed by atoms with Crippen LogP contribution in [0.15, 0.2) is 40.0 Å². The average Bonchev–Trinajstić information content (AvgIpc) is 3.16. The maximum absolute atomic E-state index is 6.08. The van der Waals surface area contributed by atoms with Gasteiger partial charge in [0.25, 0.3) is 0 Å². The van der Waals surface area contributed by atoms with Crippen LogP contribution in [0.25, 0.3) is 0 Å². The fourth-order valence-corrected chi connectivity index (χ4v) is 4.45. The van der Waals surface area contributed by atoms with Gasteiger partial charge >= 0.3 is 0 Å². The number of rotatable bonds is 11. The second kappa shape index (κ2) is 13.5. The lowest BCUT2D eigenvalue weighted by molar-refractivity contribution is 0.282. The Morgan fingerprint density at radius 1 is 1.16 bits per heavy atom. The monoisotopic (exact) mass is 581 g/mol. The van der Waals surface area contributed by atoms with E-state index in [0.29, 0.717) is 28.2 Å².